The summed E-state index contributed by atoms with van der Waals surface area (Å²) in [5.41, 5.74) is 5.36. The maximum atomic E-state index is 12.0. The Labute approximate surface area is 127 Å². The van der Waals surface area contributed by atoms with Crippen molar-refractivity contribution in [2.45, 2.75) is 19.4 Å². The molecule has 0 saturated heterocycles. The van der Waals surface area contributed by atoms with Crippen LogP contribution in [-0.4, -0.2) is 11.8 Å². The number of amides is 2. The molecule has 22 heavy (non-hydrogen) atoms. The molecule has 0 unspecified atom stereocenters. The average molecular weight is 300 g/mol. The first-order valence-electron chi connectivity index (χ1n) is 7.08. The van der Waals surface area contributed by atoms with Crippen molar-refractivity contribution in [2.75, 3.05) is 0 Å². The lowest BCUT2D eigenvalue weighted by Gasteiger charge is -2.08. The number of furan rings is 1. The van der Waals surface area contributed by atoms with Gasteiger partial charge in [-0.25, -0.2) is 0 Å². The molecule has 2 aromatic rings. The molecule has 2 amide bonds. The molecule has 3 rings (SSSR count). The van der Waals surface area contributed by atoms with Crippen LogP contribution >= 0.6 is 0 Å². The second-order valence-corrected chi connectivity index (χ2v) is 5.09. The highest BCUT2D eigenvalue weighted by Crippen LogP contribution is 2.28. The van der Waals surface area contributed by atoms with Crippen LogP contribution in [0.15, 0.2) is 47.1 Å². The van der Waals surface area contributed by atoms with Crippen LogP contribution in [-0.2, 0) is 11.4 Å². The predicted octanol–water partition coefficient (Wildman–Crippen LogP) is 2.03. The van der Waals surface area contributed by atoms with Gasteiger partial charge in [0.15, 0.2) is 5.76 Å². The standard InChI is InChI=1S/C16H16N2O4/c19-15(11-6-7-11)17-18-16(20)14-12(8-9-21-14)10-22-13-4-2-1-3-5-13/h1-5,8-9,11H,6-7,10H2,(H,17,19)(H,18,20). The van der Waals surface area contributed by atoms with Gasteiger partial charge in [0.1, 0.15) is 12.4 Å². The fraction of sp³-hybridized carbons (Fsp3) is 0.250. The topological polar surface area (TPSA) is 80.6 Å². The molecule has 2 N–H and O–H groups in total. The number of carbonyl (C=O) groups is 2. The van der Waals surface area contributed by atoms with Crippen LogP contribution in [0.2, 0.25) is 0 Å². The third-order valence-electron chi connectivity index (χ3n) is 3.34. The lowest BCUT2D eigenvalue weighted by atomic mass is 10.2. The minimum Gasteiger partial charge on any atom is -0.489 e. The highest BCUT2D eigenvalue weighted by molar-refractivity contribution is 5.94. The largest absolute Gasteiger partial charge is 0.489 e. The first-order chi connectivity index (χ1) is 10.7. The van der Waals surface area contributed by atoms with Crippen molar-refractivity contribution in [3.8, 4) is 5.75 Å². The van der Waals surface area contributed by atoms with E-state index >= 15 is 0 Å². The Morgan fingerprint density at radius 3 is 2.64 bits per heavy atom. The van der Waals surface area contributed by atoms with Gasteiger partial charge in [0, 0.05) is 11.5 Å². The molecule has 1 aromatic carbocycles. The fourth-order valence-corrected chi connectivity index (χ4v) is 1.95. The Hall–Kier alpha value is -2.76. The van der Waals surface area contributed by atoms with Gasteiger partial charge in [0.25, 0.3) is 0 Å². The Morgan fingerprint density at radius 1 is 1.14 bits per heavy atom. The van der Waals surface area contributed by atoms with Gasteiger partial charge in [-0.05, 0) is 31.0 Å². The zero-order chi connectivity index (χ0) is 15.4. The second-order valence-electron chi connectivity index (χ2n) is 5.09. The van der Waals surface area contributed by atoms with Crippen molar-refractivity contribution in [3.63, 3.8) is 0 Å². The molecule has 6 nitrogen and oxygen atoms in total. The normalized spacial score (nSPS) is 13.5. The van der Waals surface area contributed by atoms with Crippen LogP contribution in [0.1, 0.15) is 29.0 Å². The zero-order valence-electron chi connectivity index (χ0n) is 11.9. The number of hydrogen-bond donors (Lipinski definition) is 2. The summed E-state index contributed by atoms with van der Waals surface area (Å²) < 4.78 is 10.8. The van der Waals surface area contributed by atoms with Crippen molar-refractivity contribution in [2.24, 2.45) is 5.92 Å². The van der Waals surface area contributed by atoms with Crippen molar-refractivity contribution in [1.29, 1.82) is 0 Å². The van der Waals surface area contributed by atoms with Gasteiger partial charge in [0.2, 0.25) is 5.91 Å². The molecule has 1 aliphatic carbocycles. The van der Waals surface area contributed by atoms with E-state index in [-0.39, 0.29) is 24.2 Å². The molecule has 0 spiro atoms. The van der Waals surface area contributed by atoms with Gasteiger partial charge < -0.3 is 9.15 Å². The van der Waals surface area contributed by atoms with E-state index in [2.05, 4.69) is 10.9 Å². The SMILES string of the molecule is O=C(NNC(=O)C1CC1)c1occc1COc1ccccc1. The summed E-state index contributed by atoms with van der Waals surface area (Å²) in [6.07, 6.45) is 3.17. The van der Waals surface area contributed by atoms with E-state index in [4.69, 9.17) is 9.15 Å². The third-order valence-corrected chi connectivity index (χ3v) is 3.34. The van der Waals surface area contributed by atoms with Crippen LogP contribution in [0.4, 0.5) is 0 Å². The lowest BCUT2D eigenvalue weighted by molar-refractivity contribution is -0.123. The van der Waals surface area contributed by atoms with Crippen LogP contribution in [0.3, 0.4) is 0 Å². The number of benzene rings is 1. The molecule has 1 aromatic heterocycles. The summed E-state index contributed by atoms with van der Waals surface area (Å²) in [7, 11) is 0. The van der Waals surface area contributed by atoms with E-state index in [0.717, 1.165) is 12.8 Å². The quantitative estimate of drug-likeness (QED) is 0.828. The molecule has 1 fully saturated rings. The number of para-hydroxylation sites is 1. The number of hydrogen-bond acceptors (Lipinski definition) is 4. The predicted molar refractivity (Wildman–Crippen MR) is 77.8 cm³/mol. The molecule has 0 bridgehead atoms. The maximum Gasteiger partial charge on any atom is 0.305 e. The second kappa shape index (κ2) is 6.34. The van der Waals surface area contributed by atoms with Crippen LogP contribution < -0.4 is 15.6 Å². The summed E-state index contributed by atoms with van der Waals surface area (Å²) in [6, 6.07) is 11.0. The Balaban J connectivity index is 1.56. The highest BCUT2D eigenvalue weighted by Gasteiger charge is 2.30. The molecule has 1 saturated carbocycles. The van der Waals surface area contributed by atoms with Gasteiger partial charge in [0.05, 0.1) is 6.26 Å². The van der Waals surface area contributed by atoms with Crippen molar-refractivity contribution >= 4 is 11.8 Å². The van der Waals surface area contributed by atoms with Crippen LogP contribution in [0, 0.1) is 5.92 Å². The minimum atomic E-state index is -0.495. The minimum absolute atomic E-state index is 0.0257. The summed E-state index contributed by atoms with van der Waals surface area (Å²) in [5, 5.41) is 0. The van der Waals surface area contributed by atoms with Crippen molar-refractivity contribution < 1.29 is 18.7 Å². The third kappa shape index (κ3) is 3.46. The molecule has 0 radical (unpaired) electrons. The number of hydrazine groups is 1. The molecule has 0 atom stereocenters. The zero-order valence-corrected chi connectivity index (χ0v) is 11.9. The molecule has 1 aliphatic rings. The van der Waals surface area contributed by atoms with E-state index in [1.165, 1.54) is 6.26 Å². The Kier molecular flexibility index (Phi) is 4.09. The van der Waals surface area contributed by atoms with E-state index in [1.54, 1.807) is 6.07 Å². The number of rotatable bonds is 5. The average Bonchev–Trinajstić information content (AvgIpc) is 3.30. The lowest BCUT2D eigenvalue weighted by Crippen LogP contribution is -2.42. The first kappa shape index (κ1) is 14.2. The monoisotopic (exact) mass is 300 g/mol. The van der Waals surface area contributed by atoms with Gasteiger partial charge >= 0.3 is 5.91 Å². The van der Waals surface area contributed by atoms with E-state index < -0.39 is 5.91 Å². The maximum absolute atomic E-state index is 12.0. The Bertz CT molecular complexity index is 662. The van der Waals surface area contributed by atoms with E-state index in [9.17, 15) is 9.59 Å². The number of carbonyl (C=O) groups excluding carboxylic acids is 2. The summed E-state index contributed by atoms with van der Waals surface area (Å²) in [5.74, 6) is 0.203. The first-order valence-corrected chi connectivity index (χ1v) is 7.08. The Morgan fingerprint density at radius 2 is 1.91 bits per heavy atom. The number of ether oxygens (including phenoxy) is 1. The van der Waals surface area contributed by atoms with Crippen LogP contribution in [0.25, 0.3) is 0 Å². The smallest absolute Gasteiger partial charge is 0.305 e. The molecular weight excluding hydrogens is 284 g/mol. The van der Waals surface area contributed by atoms with Crippen molar-refractivity contribution in [1.82, 2.24) is 10.9 Å². The number of nitrogens with one attached hydrogen (secondary N) is 2. The fourth-order valence-electron chi connectivity index (χ4n) is 1.95. The van der Waals surface area contributed by atoms with E-state index in [0.29, 0.717) is 11.3 Å². The highest BCUT2D eigenvalue weighted by atomic mass is 16.5. The molecule has 0 aliphatic heterocycles. The van der Waals surface area contributed by atoms with E-state index in [1.807, 2.05) is 30.3 Å². The van der Waals surface area contributed by atoms with Gasteiger partial charge in [-0.2, -0.15) is 0 Å². The van der Waals surface area contributed by atoms with Gasteiger partial charge in [-0.1, -0.05) is 18.2 Å². The summed E-state index contributed by atoms with van der Waals surface area (Å²) in [6.45, 7) is 0.208. The van der Waals surface area contributed by atoms with Gasteiger partial charge in [-0.3, -0.25) is 20.4 Å². The van der Waals surface area contributed by atoms with Crippen molar-refractivity contribution in [3.05, 3.63) is 54.0 Å². The molecule has 114 valence electrons. The molecular formula is C16H16N2O4. The van der Waals surface area contributed by atoms with Gasteiger partial charge in [-0.15, -0.1) is 0 Å². The van der Waals surface area contributed by atoms with Crippen LogP contribution in [0.5, 0.6) is 5.75 Å². The summed E-state index contributed by atoms with van der Waals surface area (Å²) in [4.78, 5) is 23.5. The molecule has 6 heteroatoms. The summed E-state index contributed by atoms with van der Waals surface area (Å²) >= 11 is 0. The molecule has 1 heterocycles.